The van der Waals surface area contributed by atoms with Gasteiger partial charge in [-0.25, -0.2) is 0 Å². The highest BCUT2D eigenvalue weighted by atomic mass is 15.3. The number of nitrogen functional groups attached to an aromatic ring is 1. The number of nitrogens with zero attached hydrogens (tertiary/aromatic N) is 2. The van der Waals surface area contributed by atoms with Crippen molar-refractivity contribution >= 4 is 11.4 Å². The lowest BCUT2D eigenvalue weighted by Gasteiger charge is -2.11. The van der Waals surface area contributed by atoms with Crippen LogP contribution in [-0.4, -0.2) is 16.3 Å². The molecule has 0 aliphatic carbocycles. The SMILES string of the molecule is Cc1c(N)cccc1NCCc1ccnn1C. The first-order valence-corrected chi connectivity index (χ1v) is 5.74. The lowest BCUT2D eigenvalue weighted by Crippen LogP contribution is -2.09. The van der Waals surface area contributed by atoms with E-state index in [1.54, 1.807) is 0 Å². The molecule has 0 bridgehead atoms. The molecular formula is C13H18N4. The summed E-state index contributed by atoms with van der Waals surface area (Å²) in [7, 11) is 1.96. The summed E-state index contributed by atoms with van der Waals surface area (Å²) in [5.41, 5.74) is 10.1. The number of nitrogens with one attached hydrogen (secondary N) is 1. The highest BCUT2D eigenvalue weighted by molar-refractivity contribution is 5.62. The minimum absolute atomic E-state index is 0.829. The Kier molecular flexibility index (Phi) is 3.32. The molecule has 0 saturated heterocycles. The number of hydrogen-bond donors (Lipinski definition) is 2. The number of aromatic nitrogens is 2. The molecule has 0 spiro atoms. The number of aryl methyl sites for hydroxylation is 1. The fourth-order valence-electron chi connectivity index (χ4n) is 1.82. The molecule has 0 radical (unpaired) electrons. The van der Waals surface area contributed by atoms with Crippen molar-refractivity contribution in [3.63, 3.8) is 0 Å². The molecule has 1 aromatic heterocycles. The molecule has 0 aliphatic rings. The van der Waals surface area contributed by atoms with Gasteiger partial charge in [0.1, 0.15) is 0 Å². The fourth-order valence-corrected chi connectivity index (χ4v) is 1.82. The van der Waals surface area contributed by atoms with Crippen LogP contribution in [0.3, 0.4) is 0 Å². The Morgan fingerprint density at radius 1 is 1.35 bits per heavy atom. The van der Waals surface area contributed by atoms with Crippen LogP contribution >= 0.6 is 0 Å². The number of hydrogen-bond acceptors (Lipinski definition) is 3. The standard InChI is InChI=1S/C13H18N4/c1-10-12(14)4-3-5-13(10)15-8-6-11-7-9-16-17(11)2/h3-5,7,9,15H,6,8,14H2,1-2H3. The average molecular weight is 230 g/mol. The van der Waals surface area contributed by atoms with Crippen molar-refractivity contribution in [2.45, 2.75) is 13.3 Å². The third kappa shape index (κ3) is 2.58. The molecule has 0 aliphatic heterocycles. The van der Waals surface area contributed by atoms with Gasteiger partial charge < -0.3 is 11.1 Å². The minimum atomic E-state index is 0.829. The van der Waals surface area contributed by atoms with Gasteiger partial charge in [0.2, 0.25) is 0 Å². The van der Waals surface area contributed by atoms with Crippen molar-refractivity contribution in [2.75, 3.05) is 17.6 Å². The Morgan fingerprint density at radius 3 is 2.88 bits per heavy atom. The first-order chi connectivity index (χ1) is 8.18. The Labute approximate surface area is 101 Å². The van der Waals surface area contributed by atoms with Gasteiger partial charge in [0, 0.05) is 43.3 Å². The largest absolute Gasteiger partial charge is 0.398 e. The predicted molar refractivity (Wildman–Crippen MR) is 71.0 cm³/mol. The molecule has 0 fully saturated rings. The fraction of sp³-hybridized carbons (Fsp3) is 0.308. The summed E-state index contributed by atoms with van der Waals surface area (Å²) in [4.78, 5) is 0. The van der Waals surface area contributed by atoms with Crippen molar-refractivity contribution in [1.82, 2.24) is 9.78 Å². The zero-order valence-electron chi connectivity index (χ0n) is 10.3. The molecule has 2 aromatic rings. The van der Waals surface area contributed by atoms with E-state index >= 15 is 0 Å². The maximum atomic E-state index is 5.86. The second kappa shape index (κ2) is 4.91. The van der Waals surface area contributed by atoms with Crippen molar-refractivity contribution in [1.29, 1.82) is 0 Å². The van der Waals surface area contributed by atoms with Crippen LogP contribution in [0, 0.1) is 6.92 Å². The monoisotopic (exact) mass is 230 g/mol. The second-order valence-electron chi connectivity index (χ2n) is 4.14. The lowest BCUT2D eigenvalue weighted by molar-refractivity contribution is 0.711. The van der Waals surface area contributed by atoms with Crippen molar-refractivity contribution in [3.8, 4) is 0 Å². The highest BCUT2D eigenvalue weighted by Crippen LogP contribution is 2.20. The van der Waals surface area contributed by atoms with Crippen molar-refractivity contribution < 1.29 is 0 Å². The van der Waals surface area contributed by atoms with Crippen LogP contribution in [0.4, 0.5) is 11.4 Å². The van der Waals surface area contributed by atoms with E-state index in [1.807, 2.05) is 43.0 Å². The van der Waals surface area contributed by atoms with Crippen LogP contribution < -0.4 is 11.1 Å². The van der Waals surface area contributed by atoms with E-state index < -0.39 is 0 Å². The van der Waals surface area contributed by atoms with Gasteiger partial charge in [0.15, 0.2) is 0 Å². The van der Waals surface area contributed by atoms with E-state index in [0.717, 1.165) is 29.9 Å². The zero-order chi connectivity index (χ0) is 12.3. The molecule has 1 aromatic carbocycles. The molecule has 3 N–H and O–H groups in total. The van der Waals surface area contributed by atoms with Crippen LogP contribution in [0.25, 0.3) is 0 Å². The molecule has 0 amide bonds. The highest BCUT2D eigenvalue weighted by Gasteiger charge is 2.01. The molecule has 0 atom stereocenters. The first-order valence-electron chi connectivity index (χ1n) is 5.74. The van der Waals surface area contributed by atoms with E-state index in [2.05, 4.69) is 16.5 Å². The van der Waals surface area contributed by atoms with Gasteiger partial charge in [-0.3, -0.25) is 4.68 Å². The molecule has 4 heteroatoms. The van der Waals surface area contributed by atoms with E-state index in [-0.39, 0.29) is 0 Å². The molecule has 4 nitrogen and oxygen atoms in total. The lowest BCUT2D eigenvalue weighted by atomic mass is 10.1. The molecule has 2 rings (SSSR count). The molecular weight excluding hydrogens is 212 g/mol. The van der Waals surface area contributed by atoms with Gasteiger partial charge in [-0.05, 0) is 30.7 Å². The average Bonchev–Trinajstić information content (AvgIpc) is 2.71. The van der Waals surface area contributed by atoms with Gasteiger partial charge in [-0.1, -0.05) is 6.07 Å². The summed E-state index contributed by atoms with van der Waals surface area (Å²) in [6.45, 7) is 2.91. The maximum Gasteiger partial charge on any atom is 0.0492 e. The molecule has 17 heavy (non-hydrogen) atoms. The van der Waals surface area contributed by atoms with Crippen LogP contribution in [0.5, 0.6) is 0 Å². The first kappa shape index (κ1) is 11.5. The van der Waals surface area contributed by atoms with Gasteiger partial charge in [0.05, 0.1) is 0 Å². The summed E-state index contributed by atoms with van der Waals surface area (Å²) in [6, 6.07) is 7.97. The topological polar surface area (TPSA) is 55.9 Å². The van der Waals surface area contributed by atoms with Gasteiger partial charge in [0.25, 0.3) is 0 Å². The molecule has 90 valence electrons. The summed E-state index contributed by atoms with van der Waals surface area (Å²) >= 11 is 0. The van der Waals surface area contributed by atoms with Gasteiger partial charge in [-0.15, -0.1) is 0 Å². The summed E-state index contributed by atoms with van der Waals surface area (Å²) in [6.07, 6.45) is 2.77. The summed E-state index contributed by atoms with van der Waals surface area (Å²) in [5.74, 6) is 0. The zero-order valence-corrected chi connectivity index (χ0v) is 10.3. The number of benzene rings is 1. The van der Waals surface area contributed by atoms with Crippen molar-refractivity contribution in [2.24, 2.45) is 7.05 Å². The number of anilines is 2. The number of rotatable bonds is 4. The van der Waals surface area contributed by atoms with Crippen LogP contribution in [-0.2, 0) is 13.5 Å². The Bertz CT molecular complexity index is 502. The molecule has 0 unspecified atom stereocenters. The molecule has 1 heterocycles. The maximum absolute atomic E-state index is 5.86. The van der Waals surface area contributed by atoms with Gasteiger partial charge in [-0.2, -0.15) is 5.10 Å². The van der Waals surface area contributed by atoms with E-state index in [9.17, 15) is 0 Å². The summed E-state index contributed by atoms with van der Waals surface area (Å²) < 4.78 is 1.90. The quantitative estimate of drug-likeness (QED) is 0.789. The van der Waals surface area contributed by atoms with Crippen LogP contribution in [0.2, 0.25) is 0 Å². The normalized spacial score (nSPS) is 10.5. The number of nitrogens with two attached hydrogens (primary N) is 1. The summed E-state index contributed by atoms with van der Waals surface area (Å²) in [5, 5.41) is 7.54. The third-order valence-corrected chi connectivity index (χ3v) is 2.99. The van der Waals surface area contributed by atoms with Gasteiger partial charge >= 0.3 is 0 Å². The van der Waals surface area contributed by atoms with Crippen molar-refractivity contribution in [3.05, 3.63) is 41.7 Å². The smallest absolute Gasteiger partial charge is 0.0492 e. The Morgan fingerprint density at radius 2 is 2.18 bits per heavy atom. The van der Waals surface area contributed by atoms with E-state index in [4.69, 9.17) is 5.73 Å². The van der Waals surface area contributed by atoms with E-state index in [0.29, 0.717) is 0 Å². The Hall–Kier alpha value is -1.97. The van der Waals surface area contributed by atoms with Crippen LogP contribution in [0.15, 0.2) is 30.5 Å². The predicted octanol–water partition coefficient (Wildman–Crippen LogP) is 1.97. The molecule has 0 saturated carbocycles. The second-order valence-corrected chi connectivity index (χ2v) is 4.14. The van der Waals surface area contributed by atoms with E-state index in [1.165, 1.54) is 5.69 Å². The minimum Gasteiger partial charge on any atom is -0.398 e. The third-order valence-electron chi connectivity index (χ3n) is 2.99. The van der Waals surface area contributed by atoms with Crippen LogP contribution in [0.1, 0.15) is 11.3 Å². The Balaban J connectivity index is 1.95.